The summed E-state index contributed by atoms with van der Waals surface area (Å²) in [6.45, 7) is 1.75. The van der Waals surface area contributed by atoms with Crippen molar-refractivity contribution in [3.05, 3.63) is 97.1 Å². The maximum atomic E-state index is 13.4. The predicted molar refractivity (Wildman–Crippen MR) is 136 cm³/mol. The number of rotatable bonds is 5. The topological polar surface area (TPSA) is 163 Å². The van der Waals surface area contributed by atoms with Crippen LogP contribution in [-0.2, 0) is 0 Å². The van der Waals surface area contributed by atoms with Gasteiger partial charge in [-0.2, -0.15) is 5.26 Å². The van der Waals surface area contributed by atoms with Crippen LogP contribution in [0, 0.1) is 41.7 Å². The van der Waals surface area contributed by atoms with E-state index in [2.05, 4.69) is 0 Å². The standard InChI is InChI=1S/C25H20N7O6/c26-16-24-25(28-13-11-27(12-14-28)19-6-8-21(9-7-19)32(37)38)30(34)22-10-3-18(15-23(22)29(24)33)17-1-4-20(5-2-17)31(35)36/h1-10,15,25H,11-14H2/q+1. The molecule has 2 aliphatic rings. The quantitative estimate of drug-likeness (QED) is 0.213. The molecule has 38 heavy (non-hydrogen) atoms. The van der Waals surface area contributed by atoms with Crippen molar-refractivity contribution in [1.82, 2.24) is 4.90 Å². The zero-order valence-electron chi connectivity index (χ0n) is 19.8. The van der Waals surface area contributed by atoms with Gasteiger partial charge in [-0.3, -0.25) is 20.2 Å². The second-order valence-electron chi connectivity index (χ2n) is 8.79. The summed E-state index contributed by atoms with van der Waals surface area (Å²) >= 11 is 0. The van der Waals surface area contributed by atoms with E-state index in [1.54, 1.807) is 35.2 Å². The summed E-state index contributed by atoms with van der Waals surface area (Å²) in [5, 5.41) is 44.9. The molecule has 3 aromatic rings. The monoisotopic (exact) mass is 514 g/mol. The molecule has 1 saturated heterocycles. The van der Waals surface area contributed by atoms with Gasteiger partial charge in [-0.25, -0.2) is 4.90 Å². The van der Waals surface area contributed by atoms with Crippen LogP contribution in [0.3, 0.4) is 0 Å². The zero-order chi connectivity index (χ0) is 27.0. The number of nitro groups is 2. The smallest absolute Gasteiger partial charge is 0.361 e. The molecule has 0 bridgehead atoms. The van der Waals surface area contributed by atoms with Gasteiger partial charge in [0.1, 0.15) is 0 Å². The number of hydrogen-bond donors (Lipinski definition) is 0. The summed E-state index contributed by atoms with van der Waals surface area (Å²) in [7, 11) is 0. The molecular weight excluding hydrogens is 494 g/mol. The lowest BCUT2D eigenvalue weighted by Gasteiger charge is -2.36. The maximum absolute atomic E-state index is 13.4. The normalized spacial score (nSPS) is 17.6. The van der Waals surface area contributed by atoms with Gasteiger partial charge in [-0.15, -0.1) is 4.74 Å². The van der Waals surface area contributed by atoms with Crippen LogP contribution in [0.4, 0.5) is 28.4 Å². The molecule has 0 saturated carbocycles. The Balaban J connectivity index is 1.38. The largest absolute Gasteiger partial charge is 0.617 e. The number of nitriles is 1. The van der Waals surface area contributed by atoms with E-state index in [0.717, 1.165) is 5.69 Å². The van der Waals surface area contributed by atoms with Gasteiger partial charge < -0.3 is 10.1 Å². The van der Waals surface area contributed by atoms with Gasteiger partial charge in [0.25, 0.3) is 17.1 Å². The predicted octanol–water partition coefficient (Wildman–Crippen LogP) is 3.85. The summed E-state index contributed by atoms with van der Waals surface area (Å²) < 4.78 is 1.15. The van der Waals surface area contributed by atoms with Gasteiger partial charge >= 0.3 is 17.6 Å². The Morgan fingerprint density at radius 1 is 0.816 bits per heavy atom. The number of anilines is 1. The van der Waals surface area contributed by atoms with Crippen LogP contribution in [0.15, 0.2) is 66.7 Å². The van der Waals surface area contributed by atoms with Gasteiger partial charge in [-0.1, -0.05) is 0 Å². The fourth-order valence-corrected chi connectivity index (χ4v) is 4.74. The summed E-state index contributed by atoms with van der Waals surface area (Å²) in [6.07, 6.45) is -1.10. The zero-order valence-corrected chi connectivity index (χ0v) is 19.8. The van der Waals surface area contributed by atoms with Crippen molar-refractivity contribution in [3.63, 3.8) is 0 Å². The van der Waals surface area contributed by atoms with Crippen molar-refractivity contribution in [2.45, 2.75) is 6.17 Å². The lowest BCUT2D eigenvalue weighted by atomic mass is 10.0. The van der Waals surface area contributed by atoms with Crippen LogP contribution in [0.1, 0.15) is 0 Å². The van der Waals surface area contributed by atoms with Crippen molar-refractivity contribution in [2.24, 2.45) is 0 Å². The molecule has 0 amide bonds. The van der Waals surface area contributed by atoms with Gasteiger partial charge in [0.2, 0.25) is 0 Å². The third-order valence-electron chi connectivity index (χ3n) is 6.73. The van der Waals surface area contributed by atoms with Crippen molar-refractivity contribution in [3.8, 4) is 17.2 Å². The van der Waals surface area contributed by atoms with Crippen LogP contribution in [0.2, 0.25) is 0 Å². The Bertz CT molecular complexity index is 1520. The van der Waals surface area contributed by atoms with Crippen LogP contribution in [-0.4, -0.2) is 62.3 Å². The number of nitroso groups, excluding NO2 is 1. The molecule has 2 aliphatic heterocycles. The Hall–Kier alpha value is -5.22. The third kappa shape index (κ3) is 4.29. The summed E-state index contributed by atoms with van der Waals surface area (Å²) in [5.41, 5.74) is 1.80. The lowest BCUT2D eigenvalue weighted by Crippen LogP contribution is -2.57. The SMILES string of the molecule is N#CC1=[N+]([O-])c2cc(-c3ccc([N+](=O)[O-])cc3)ccc2[N+](=O)C1N1CCN(c2ccc([N+](=O)[O-])cc2)CC1. The molecule has 1 atom stereocenters. The van der Waals surface area contributed by atoms with E-state index in [1.165, 1.54) is 36.4 Å². The number of non-ortho nitro benzene ring substituents is 2. The molecule has 13 heteroatoms. The molecule has 2 heterocycles. The van der Waals surface area contributed by atoms with E-state index in [9.17, 15) is 35.6 Å². The van der Waals surface area contributed by atoms with Crippen molar-refractivity contribution < 1.29 is 19.3 Å². The van der Waals surface area contributed by atoms with Gasteiger partial charge in [0, 0.05) is 73.2 Å². The van der Waals surface area contributed by atoms with E-state index in [1.807, 2.05) is 11.0 Å². The average molecular weight is 514 g/mol. The molecule has 3 aromatic carbocycles. The number of fused-ring (bicyclic) bond motifs is 1. The molecule has 1 fully saturated rings. The Labute approximate surface area is 215 Å². The summed E-state index contributed by atoms with van der Waals surface area (Å²) in [5.74, 6) is 0. The molecule has 0 spiro atoms. The van der Waals surface area contributed by atoms with Gasteiger partial charge in [0.05, 0.1) is 14.6 Å². The molecule has 1 unspecified atom stereocenters. The number of nitrogens with zero attached hydrogens (tertiary/aromatic N) is 7. The molecular formula is C25H20N7O6+. The maximum Gasteiger partial charge on any atom is 0.361 e. The van der Waals surface area contributed by atoms with Gasteiger partial charge in [-0.05, 0) is 41.5 Å². The van der Waals surface area contributed by atoms with E-state index >= 15 is 0 Å². The first kappa shape index (κ1) is 24.5. The number of benzene rings is 3. The van der Waals surface area contributed by atoms with E-state index < -0.39 is 16.0 Å². The minimum Gasteiger partial charge on any atom is -0.617 e. The molecule has 0 aliphatic carbocycles. The van der Waals surface area contributed by atoms with Crippen LogP contribution in [0.25, 0.3) is 11.1 Å². The summed E-state index contributed by atoms with van der Waals surface area (Å²) in [6, 6.07) is 18.6. The molecule has 190 valence electrons. The second kappa shape index (κ2) is 9.68. The first-order valence-electron chi connectivity index (χ1n) is 11.6. The molecule has 13 nitrogen and oxygen atoms in total. The highest BCUT2D eigenvalue weighted by Crippen LogP contribution is 2.37. The number of nitro benzene ring substituents is 2. The van der Waals surface area contributed by atoms with E-state index in [4.69, 9.17) is 0 Å². The highest BCUT2D eigenvalue weighted by atomic mass is 16.6. The van der Waals surface area contributed by atoms with Crippen molar-refractivity contribution >= 4 is 34.1 Å². The minimum atomic E-state index is -1.10. The highest BCUT2D eigenvalue weighted by Gasteiger charge is 2.51. The first-order chi connectivity index (χ1) is 18.3. The minimum absolute atomic E-state index is 0.00390. The van der Waals surface area contributed by atoms with Gasteiger partial charge in [0.15, 0.2) is 6.07 Å². The lowest BCUT2D eigenvalue weighted by molar-refractivity contribution is -0.544. The van der Waals surface area contributed by atoms with Crippen LogP contribution < -0.4 is 4.90 Å². The molecule has 0 radical (unpaired) electrons. The Kier molecular flexibility index (Phi) is 6.23. The summed E-state index contributed by atoms with van der Waals surface area (Å²) in [4.78, 5) is 38.1. The second-order valence-corrected chi connectivity index (χ2v) is 8.79. The Morgan fingerprint density at radius 3 is 1.92 bits per heavy atom. The molecule has 0 N–H and O–H groups in total. The first-order valence-corrected chi connectivity index (χ1v) is 11.6. The van der Waals surface area contributed by atoms with Crippen LogP contribution >= 0.6 is 0 Å². The van der Waals surface area contributed by atoms with E-state index in [0.29, 0.717) is 46.8 Å². The number of hydrogen-bond acceptors (Lipinski definition) is 9. The third-order valence-corrected chi connectivity index (χ3v) is 6.73. The van der Waals surface area contributed by atoms with Crippen molar-refractivity contribution in [2.75, 3.05) is 31.1 Å². The van der Waals surface area contributed by atoms with Crippen LogP contribution in [0.5, 0.6) is 0 Å². The highest BCUT2D eigenvalue weighted by molar-refractivity contribution is 5.99. The van der Waals surface area contributed by atoms with Crippen molar-refractivity contribution in [1.29, 1.82) is 5.26 Å². The number of piperazine rings is 1. The molecule has 5 rings (SSSR count). The average Bonchev–Trinajstić information content (AvgIpc) is 2.94. The fraction of sp³-hybridized carbons (Fsp3) is 0.200. The van der Waals surface area contributed by atoms with E-state index in [-0.39, 0.29) is 28.5 Å². The fourth-order valence-electron chi connectivity index (χ4n) is 4.74. The molecule has 0 aromatic heterocycles. The Morgan fingerprint density at radius 2 is 1.37 bits per heavy atom.